The van der Waals surface area contributed by atoms with E-state index in [1.54, 1.807) is 6.20 Å². The molecule has 3 rings (SSSR count). The molecule has 0 N–H and O–H groups in total. The summed E-state index contributed by atoms with van der Waals surface area (Å²) in [4.78, 5) is 14.8. The molecule has 0 atom stereocenters. The summed E-state index contributed by atoms with van der Waals surface area (Å²) in [7, 11) is 3.76. The Morgan fingerprint density at radius 1 is 1.19 bits per heavy atom. The lowest BCUT2D eigenvalue weighted by molar-refractivity contribution is 0.796. The highest BCUT2D eigenvalue weighted by Gasteiger charge is 2.14. The molecule has 0 saturated heterocycles. The van der Waals surface area contributed by atoms with Crippen LogP contribution in [0.4, 0.5) is 5.95 Å². The van der Waals surface area contributed by atoms with E-state index in [9.17, 15) is 5.26 Å². The molecule has 0 aliphatic heterocycles. The second kappa shape index (κ2) is 5.21. The normalized spacial score (nSPS) is 10.5. The highest BCUT2D eigenvalue weighted by molar-refractivity contribution is 5.73. The molecule has 104 valence electrons. The summed E-state index contributed by atoms with van der Waals surface area (Å²) in [5.74, 6) is 0.945. The van der Waals surface area contributed by atoms with Crippen LogP contribution in [0.25, 0.3) is 11.2 Å². The van der Waals surface area contributed by atoms with Gasteiger partial charge in [0.1, 0.15) is 11.6 Å². The molecule has 21 heavy (non-hydrogen) atoms. The van der Waals surface area contributed by atoms with Gasteiger partial charge in [-0.25, -0.2) is 9.97 Å². The topological polar surface area (TPSA) is 70.6 Å². The summed E-state index contributed by atoms with van der Waals surface area (Å²) in [5.41, 5.74) is 2.40. The van der Waals surface area contributed by atoms with E-state index in [1.165, 1.54) is 0 Å². The van der Waals surface area contributed by atoms with Crippen molar-refractivity contribution in [2.75, 3.05) is 19.0 Å². The van der Waals surface area contributed by atoms with Gasteiger partial charge in [0.05, 0.1) is 12.7 Å². The molecule has 0 fully saturated rings. The van der Waals surface area contributed by atoms with Gasteiger partial charge in [-0.3, -0.25) is 4.57 Å². The largest absolute Gasteiger partial charge is 0.347 e. The van der Waals surface area contributed by atoms with Crippen molar-refractivity contribution in [3.63, 3.8) is 0 Å². The van der Waals surface area contributed by atoms with Crippen LogP contribution in [0.2, 0.25) is 0 Å². The van der Waals surface area contributed by atoms with E-state index in [1.807, 2.05) is 53.9 Å². The minimum absolute atomic E-state index is 0.346. The molecule has 0 aliphatic carbocycles. The lowest BCUT2D eigenvalue weighted by Gasteiger charge is -2.10. The number of hydrogen-bond donors (Lipinski definition) is 0. The van der Waals surface area contributed by atoms with Crippen molar-refractivity contribution < 1.29 is 0 Å². The van der Waals surface area contributed by atoms with Crippen LogP contribution in [0.3, 0.4) is 0 Å². The van der Waals surface area contributed by atoms with E-state index < -0.39 is 0 Å². The third-order valence-corrected chi connectivity index (χ3v) is 3.16. The summed E-state index contributed by atoms with van der Waals surface area (Å²) in [6.45, 7) is 0.560. The number of anilines is 1. The number of fused-ring (bicyclic) bond motifs is 1. The third-order valence-electron chi connectivity index (χ3n) is 3.16. The van der Waals surface area contributed by atoms with E-state index in [0.29, 0.717) is 29.5 Å². The van der Waals surface area contributed by atoms with Crippen molar-refractivity contribution in [2.24, 2.45) is 0 Å². The van der Waals surface area contributed by atoms with Gasteiger partial charge in [-0.2, -0.15) is 10.2 Å². The lowest BCUT2D eigenvalue weighted by Crippen LogP contribution is -2.13. The zero-order chi connectivity index (χ0) is 14.8. The number of aromatic nitrogens is 4. The minimum atomic E-state index is 0.346. The van der Waals surface area contributed by atoms with Crippen LogP contribution in [-0.2, 0) is 6.54 Å². The fourth-order valence-electron chi connectivity index (χ4n) is 2.13. The van der Waals surface area contributed by atoms with Crippen molar-refractivity contribution in [2.45, 2.75) is 6.54 Å². The Morgan fingerprint density at radius 3 is 2.62 bits per heavy atom. The number of benzene rings is 1. The maximum absolute atomic E-state index is 9.28. The van der Waals surface area contributed by atoms with Crippen molar-refractivity contribution >= 4 is 17.1 Å². The molecule has 0 bridgehead atoms. The van der Waals surface area contributed by atoms with Crippen molar-refractivity contribution in [1.29, 1.82) is 5.26 Å². The SMILES string of the molecule is CN(C)c1ncc2nc(C#N)n(Cc3ccccc3)c2n1. The molecule has 2 heterocycles. The Kier molecular flexibility index (Phi) is 3.24. The van der Waals surface area contributed by atoms with Gasteiger partial charge in [-0.15, -0.1) is 0 Å². The first-order chi connectivity index (χ1) is 10.2. The molecule has 0 unspecified atom stereocenters. The Bertz CT molecular complexity index is 813. The molecule has 2 aromatic heterocycles. The second-order valence-electron chi connectivity index (χ2n) is 4.89. The Balaban J connectivity index is 2.14. The standard InChI is InChI=1S/C15H14N6/c1-20(2)15-17-9-12-14(19-15)21(13(8-16)18-12)10-11-6-4-3-5-7-11/h3-7,9H,10H2,1-2H3. The molecular formula is C15H14N6. The van der Waals surface area contributed by atoms with Crippen LogP contribution in [0, 0.1) is 11.3 Å². The van der Waals surface area contributed by atoms with Crippen molar-refractivity contribution in [1.82, 2.24) is 19.5 Å². The van der Waals surface area contributed by atoms with E-state index in [0.717, 1.165) is 5.56 Å². The highest BCUT2D eigenvalue weighted by Crippen LogP contribution is 2.17. The summed E-state index contributed by atoms with van der Waals surface area (Å²) in [6, 6.07) is 12.1. The fraction of sp³-hybridized carbons (Fsp3) is 0.200. The zero-order valence-electron chi connectivity index (χ0n) is 11.9. The molecule has 0 aliphatic rings. The van der Waals surface area contributed by atoms with Gasteiger partial charge in [-0.05, 0) is 5.56 Å². The highest BCUT2D eigenvalue weighted by atomic mass is 15.2. The van der Waals surface area contributed by atoms with E-state index >= 15 is 0 Å². The Morgan fingerprint density at radius 2 is 1.95 bits per heavy atom. The van der Waals surface area contributed by atoms with Gasteiger partial charge in [0.2, 0.25) is 11.8 Å². The first-order valence-corrected chi connectivity index (χ1v) is 6.53. The molecule has 0 amide bonds. The molecule has 0 radical (unpaired) electrons. The van der Waals surface area contributed by atoms with E-state index in [4.69, 9.17) is 0 Å². The number of hydrogen-bond acceptors (Lipinski definition) is 5. The van der Waals surface area contributed by atoms with Crippen LogP contribution in [0.5, 0.6) is 0 Å². The van der Waals surface area contributed by atoms with E-state index in [2.05, 4.69) is 21.0 Å². The lowest BCUT2D eigenvalue weighted by atomic mass is 10.2. The summed E-state index contributed by atoms with van der Waals surface area (Å²) in [5, 5.41) is 9.28. The average Bonchev–Trinajstić information content (AvgIpc) is 2.85. The number of nitriles is 1. The predicted octanol–water partition coefficient (Wildman–Crippen LogP) is 1.81. The number of imidazole rings is 1. The second-order valence-corrected chi connectivity index (χ2v) is 4.89. The first-order valence-electron chi connectivity index (χ1n) is 6.53. The number of nitrogens with zero attached hydrogens (tertiary/aromatic N) is 6. The molecule has 6 heteroatoms. The van der Waals surface area contributed by atoms with Crippen molar-refractivity contribution in [3.05, 3.63) is 47.9 Å². The molecule has 3 aromatic rings. The van der Waals surface area contributed by atoms with Gasteiger partial charge < -0.3 is 4.90 Å². The predicted molar refractivity (Wildman–Crippen MR) is 79.9 cm³/mol. The summed E-state index contributed by atoms with van der Waals surface area (Å²) < 4.78 is 1.82. The summed E-state index contributed by atoms with van der Waals surface area (Å²) >= 11 is 0. The summed E-state index contributed by atoms with van der Waals surface area (Å²) in [6.07, 6.45) is 1.65. The van der Waals surface area contributed by atoms with Crippen LogP contribution in [0.1, 0.15) is 11.4 Å². The molecular weight excluding hydrogens is 264 g/mol. The Labute approximate surface area is 122 Å². The van der Waals surface area contributed by atoms with Gasteiger partial charge in [0.25, 0.3) is 0 Å². The average molecular weight is 278 g/mol. The van der Waals surface area contributed by atoms with Gasteiger partial charge in [0, 0.05) is 14.1 Å². The maximum atomic E-state index is 9.28. The van der Waals surface area contributed by atoms with Gasteiger partial charge in [0.15, 0.2) is 5.65 Å². The van der Waals surface area contributed by atoms with Crippen LogP contribution >= 0.6 is 0 Å². The van der Waals surface area contributed by atoms with Crippen LogP contribution in [0.15, 0.2) is 36.5 Å². The molecule has 0 saturated carbocycles. The first kappa shape index (κ1) is 13.1. The Hall–Kier alpha value is -2.94. The monoisotopic (exact) mass is 278 g/mol. The quantitative estimate of drug-likeness (QED) is 0.730. The molecule has 0 spiro atoms. The van der Waals surface area contributed by atoms with Gasteiger partial charge in [-0.1, -0.05) is 30.3 Å². The maximum Gasteiger partial charge on any atom is 0.226 e. The van der Waals surface area contributed by atoms with Crippen LogP contribution < -0.4 is 4.90 Å². The fourth-order valence-corrected chi connectivity index (χ4v) is 2.13. The molecule has 1 aromatic carbocycles. The van der Waals surface area contributed by atoms with Crippen LogP contribution in [-0.4, -0.2) is 33.6 Å². The van der Waals surface area contributed by atoms with Gasteiger partial charge >= 0.3 is 0 Å². The smallest absolute Gasteiger partial charge is 0.226 e. The van der Waals surface area contributed by atoms with E-state index in [-0.39, 0.29) is 0 Å². The number of rotatable bonds is 3. The van der Waals surface area contributed by atoms with Crippen molar-refractivity contribution in [3.8, 4) is 6.07 Å². The zero-order valence-corrected chi connectivity index (χ0v) is 11.9. The minimum Gasteiger partial charge on any atom is -0.347 e. The molecule has 6 nitrogen and oxygen atoms in total. The third kappa shape index (κ3) is 2.41.